The van der Waals surface area contributed by atoms with Crippen LogP contribution in [0.1, 0.15) is 57.8 Å². The molecular weight excluding hydrogens is 231 g/mol. The van der Waals surface area contributed by atoms with Crippen molar-refractivity contribution in [1.29, 1.82) is 0 Å². The third-order valence-corrected chi connectivity index (χ3v) is 2.84. The van der Waals surface area contributed by atoms with Crippen LogP contribution in [0, 0.1) is 0 Å². The minimum absolute atomic E-state index is 0.152. The summed E-state index contributed by atoms with van der Waals surface area (Å²) in [5.74, 6) is -0.833. The number of nitrogens with zero attached hydrogens (tertiary/aromatic N) is 2. The summed E-state index contributed by atoms with van der Waals surface area (Å²) >= 11 is 0. The molecule has 0 spiro atoms. The summed E-state index contributed by atoms with van der Waals surface area (Å²) in [7, 11) is 0. The second kappa shape index (κ2) is 6.02. The van der Waals surface area contributed by atoms with Crippen molar-refractivity contribution < 1.29 is 17.9 Å². The van der Waals surface area contributed by atoms with E-state index in [0.29, 0.717) is 6.42 Å². The summed E-state index contributed by atoms with van der Waals surface area (Å²) < 4.78 is 39.1. The van der Waals surface area contributed by atoms with Crippen LogP contribution in [-0.4, -0.2) is 10.1 Å². The molecule has 3 nitrogen and oxygen atoms in total. The lowest BCUT2D eigenvalue weighted by atomic mass is 10.1. The zero-order valence-corrected chi connectivity index (χ0v) is 10.2. The summed E-state index contributed by atoms with van der Waals surface area (Å²) in [5.41, 5.74) is 0. The molecule has 0 bridgehead atoms. The molecule has 1 heterocycles. The van der Waals surface area contributed by atoms with Gasteiger partial charge in [0.05, 0.1) is 0 Å². The van der Waals surface area contributed by atoms with Crippen LogP contribution in [0.2, 0.25) is 0 Å². The van der Waals surface area contributed by atoms with Gasteiger partial charge in [0.15, 0.2) is 0 Å². The molecule has 0 amide bonds. The zero-order valence-electron chi connectivity index (χ0n) is 10.2. The molecule has 98 valence electrons. The van der Waals surface area contributed by atoms with Crippen molar-refractivity contribution in [2.75, 3.05) is 0 Å². The quantitative estimate of drug-likeness (QED) is 0.610. The Bertz CT molecular complexity index is 333. The van der Waals surface area contributed by atoms with Gasteiger partial charge in [-0.15, -0.1) is 4.68 Å². The highest BCUT2D eigenvalue weighted by Crippen LogP contribution is 2.26. The third-order valence-electron chi connectivity index (χ3n) is 2.84. The molecule has 0 saturated heterocycles. The second-order valence-electron chi connectivity index (χ2n) is 4.14. The number of alkyl halides is 3. The van der Waals surface area contributed by atoms with Crippen LogP contribution in [0.15, 0.2) is 6.33 Å². The summed E-state index contributed by atoms with van der Waals surface area (Å²) in [4.78, 5) is 3.37. The van der Waals surface area contributed by atoms with E-state index in [-0.39, 0.29) is 6.04 Å². The van der Waals surface area contributed by atoms with Gasteiger partial charge < -0.3 is 0 Å². The SMILES string of the molecule is CCCCCC(CC)[n+]1[nH]cnc1C(F)(F)F. The fourth-order valence-corrected chi connectivity index (χ4v) is 1.91. The molecule has 0 aromatic carbocycles. The second-order valence-corrected chi connectivity index (χ2v) is 4.14. The number of aromatic amines is 1. The van der Waals surface area contributed by atoms with Crippen LogP contribution in [-0.2, 0) is 6.18 Å². The Morgan fingerprint density at radius 1 is 1.35 bits per heavy atom. The van der Waals surface area contributed by atoms with Crippen molar-refractivity contribution in [3.63, 3.8) is 0 Å². The van der Waals surface area contributed by atoms with Crippen LogP contribution in [0.3, 0.4) is 0 Å². The normalized spacial score (nSPS) is 13.9. The minimum atomic E-state index is -4.39. The van der Waals surface area contributed by atoms with E-state index in [0.717, 1.165) is 36.7 Å². The number of halogens is 3. The number of nitrogens with one attached hydrogen (secondary N) is 1. The fraction of sp³-hybridized carbons (Fsp3) is 0.818. The highest BCUT2D eigenvalue weighted by atomic mass is 19.4. The summed E-state index contributed by atoms with van der Waals surface area (Å²) in [6.07, 6.45) is 1.19. The molecule has 0 fully saturated rings. The van der Waals surface area contributed by atoms with E-state index < -0.39 is 12.0 Å². The Morgan fingerprint density at radius 3 is 2.59 bits per heavy atom. The minimum Gasteiger partial charge on any atom is -0.193 e. The topological polar surface area (TPSA) is 32.6 Å². The van der Waals surface area contributed by atoms with Crippen molar-refractivity contribution in [3.8, 4) is 0 Å². The lowest BCUT2D eigenvalue weighted by Crippen LogP contribution is -2.47. The molecular formula is C11H19F3N3+. The zero-order chi connectivity index (χ0) is 12.9. The molecule has 1 unspecified atom stereocenters. The molecule has 1 atom stereocenters. The van der Waals surface area contributed by atoms with Gasteiger partial charge >= 0.3 is 12.0 Å². The Morgan fingerprint density at radius 2 is 2.06 bits per heavy atom. The van der Waals surface area contributed by atoms with Gasteiger partial charge in [-0.05, 0) is 24.2 Å². The van der Waals surface area contributed by atoms with Gasteiger partial charge in [0, 0.05) is 0 Å². The highest BCUT2D eigenvalue weighted by molar-refractivity contribution is 4.79. The largest absolute Gasteiger partial charge is 0.501 e. The molecule has 0 aliphatic carbocycles. The van der Waals surface area contributed by atoms with E-state index in [1.165, 1.54) is 0 Å². The lowest BCUT2D eigenvalue weighted by molar-refractivity contribution is -0.790. The maximum Gasteiger partial charge on any atom is 0.501 e. The van der Waals surface area contributed by atoms with Crippen LogP contribution >= 0.6 is 0 Å². The monoisotopic (exact) mass is 250 g/mol. The van der Waals surface area contributed by atoms with E-state index in [1.807, 2.05) is 6.92 Å². The molecule has 0 aliphatic rings. The third kappa shape index (κ3) is 3.71. The number of hydrogen-bond donors (Lipinski definition) is 1. The van der Waals surface area contributed by atoms with Gasteiger partial charge in [-0.25, -0.2) is 0 Å². The van der Waals surface area contributed by atoms with E-state index in [9.17, 15) is 13.2 Å². The average molecular weight is 250 g/mol. The average Bonchev–Trinajstić information content (AvgIpc) is 2.73. The highest BCUT2D eigenvalue weighted by Gasteiger charge is 2.46. The van der Waals surface area contributed by atoms with Crippen LogP contribution in [0.4, 0.5) is 13.2 Å². The van der Waals surface area contributed by atoms with Gasteiger partial charge in [-0.2, -0.15) is 18.3 Å². The molecule has 0 radical (unpaired) electrons. The van der Waals surface area contributed by atoms with Crippen molar-refractivity contribution >= 4 is 0 Å². The van der Waals surface area contributed by atoms with Crippen molar-refractivity contribution in [1.82, 2.24) is 10.1 Å². The summed E-state index contributed by atoms with van der Waals surface area (Å²) in [5, 5.41) is 2.58. The molecule has 1 rings (SSSR count). The van der Waals surface area contributed by atoms with Crippen LogP contribution in [0.5, 0.6) is 0 Å². The van der Waals surface area contributed by atoms with Crippen LogP contribution in [0.25, 0.3) is 0 Å². The standard InChI is InChI=1S/C11H18F3N3/c1-3-5-6-7-9(4-2)17-10(11(12,13)14)15-8-16-17/h8-9H,3-7H2,1-2H3/p+1. The van der Waals surface area contributed by atoms with Gasteiger partial charge in [0.2, 0.25) is 6.33 Å². The molecule has 1 N–H and O–H groups in total. The molecule has 17 heavy (non-hydrogen) atoms. The van der Waals surface area contributed by atoms with E-state index in [4.69, 9.17) is 0 Å². The van der Waals surface area contributed by atoms with Gasteiger partial charge in [-0.3, -0.25) is 0 Å². The van der Waals surface area contributed by atoms with E-state index in [1.54, 1.807) is 0 Å². The Hall–Kier alpha value is -1.07. The maximum atomic E-state index is 12.7. The number of hydrogen-bond acceptors (Lipinski definition) is 1. The van der Waals surface area contributed by atoms with E-state index >= 15 is 0 Å². The van der Waals surface area contributed by atoms with Crippen molar-refractivity contribution in [2.45, 2.75) is 58.2 Å². The summed E-state index contributed by atoms with van der Waals surface area (Å²) in [6, 6.07) is -0.152. The predicted octanol–water partition coefficient (Wildman–Crippen LogP) is 3.25. The number of aromatic nitrogens is 3. The molecule has 0 aliphatic heterocycles. The van der Waals surface area contributed by atoms with E-state index in [2.05, 4.69) is 17.0 Å². The van der Waals surface area contributed by atoms with Gasteiger partial charge in [-0.1, -0.05) is 26.7 Å². The van der Waals surface area contributed by atoms with Gasteiger partial charge in [0.1, 0.15) is 6.04 Å². The molecule has 1 aromatic heterocycles. The molecule has 0 saturated carbocycles. The Labute approximate surface area is 99.0 Å². The Kier molecular flexibility index (Phi) is 4.96. The number of rotatable bonds is 6. The predicted molar refractivity (Wildman–Crippen MR) is 57.3 cm³/mol. The van der Waals surface area contributed by atoms with Crippen molar-refractivity contribution in [3.05, 3.63) is 12.2 Å². The maximum absolute atomic E-state index is 12.7. The van der Waals surface area contributed by atoms with Gasteiger partial charge in [0.25, 0.3) is 0 Å². The summed E-state index contributed by atoms with van der Waals surface area (Å²) in [6.45, 7) is 3.97. The first-order chi connectivity index (χ1) is 8.00. The lowest BCUT2D eigenvalue weighted by Gasteiger charge is -2.12. The number of H-pyrrole nitrogens is 1. The first kappa shape index (κ1) is 14.0. The Balaban J connectivity index is 2.78. The smallest absolute Gasteiger partial charge is 0.193 e. The fourth-order valence-electron chi connectivity index (χ4n) is 1.91. The molecule has 1 aromatic rings. The van der Waals surface area contributed by atoms with Crippen LogP contribution < -0.4 is 4.68 Å². The molecule has 6 heteroatoms. The first-order valence-corrected chi connectivity index (χ1v) is 6.02. The first-order valence-electron chi connectivity index (χ1n) is 6.02. The number of unbranched alkanes of at least 4 members (excludes halogenated alkanes) is 2. The van der Waals surface area contributed by atoms with Crippen molar-refractivity contribution in [2.24, 2.45) is 0 Å².